The van der Waals surface area contributed by atoms with E-state index in [1.807, 2.05) is 37.3 Å². The molecule has 3 rings (SSSR count). The maximum Gasteiger partial charge on any atom is 0.335 e. The summed E-state index contributed by atoms with van der Waals surface area (Å²) in [6.45, 7) is 2.00. The van der Waals surface area contributed by atoms with Gasteiger partial charge in [-0.15, -0.1) is 0 Å². The average molecular weight is 352 g/mol. The van der Waals surface area contributed by atoms with Crippen LogP contribution in [-0.2, 0) is 4.79 Å². The summed E-state index contributed by atoms with van der Waals surface area (Å²) in [6, 6.07) is 14.2. The topological polar surface area (TPSA) is 70.0 Å². The number of aryl methyl sites for hydroxylation is 1. The molecule has 0 radical (unpaired) electrons. The number of likely N-dealkylation sites (N-methyl/N-ethyl adjacent to an activating group) is 1. The van der Waals surface area contributed by atoms with Gasteiger partial charge in [0.1, 0.15) is 0 Å². The zero-order chi connectivity index (χ0) is 18.0. The monoisotopic (exact) mass is 352 g/mol. The first-order valence-electron chi connectivity index (χ1n) is 7.60. The van der Waals surface area contributed by atoms with Crippen molar-refractivity contribution in [3.8, 4) is 0 Å². The summed E-state index contributed by atoms with van der Waals surface area (Å²) in [7, 11) is 1.66. The lowest BCUT2D eigenvalue weighted by Gasteiger charge is -2.07. The Morgan fingerprint density at radius 2 is 1.96 bits per heavy atom. The molecular weight excluding hydrogens is 336 g/mol. The number of nitrogens with zero attached hydrogens (tertiary/aromatic N) is 2. The van der Waals surface area contributed by atoms with E-state index in [9.17, 15) is 9.59 Å². The van der Waals surface area contributed by atoms with Crippen molar-refractivity contribution >= 4 is 40.6 Å². The molecule has 1 aliphatic heterocycles. The number of carbonyl (C=O) groups excluding carboxylic acids is 1. The van der Waals surface area contributed by atoms with Crippen LogP contribution in [0.4, 0.5) is 5.69 Å². The van der Waals surface area contributed by atoms with E-state index >= 15 is 0 Å². The van der Waals surface area contributed by atoms with Crippen LogP contribution in [0.3, 0.4) is 0 Å². The standard InChI is InChI=1S/C19H16N2O3S/c1-12-5-3-6-13(9-12)10-16-17(22)21(2)19(25-16)20-15-8-4-7-14(11-15)18(23)24/h3-11H,1-2H3,(H,23,24)/b16-10-,20-19?. The number of thioether (sulfide) groups is 1. The van der Waals surface area contributed by atoms with Gasteiger partial charge in [0.15, 0.2) is 5.17 Å². The molecule has 0 atom stereocenters. The molecule has 1 fully saturated rings. The minimum atomic E-state index is -1.01. The molecule has 0 unspecified atom stereocenters. The van der Waals surface area contributed by atoms with Gasteiger partial charge in [-0.05, 0) is 48.5 Å². The largest absolute Gasteiger partial charge is 0.478 e. The first-order chi connectivity index (χ1) is 11.9. The van der Waals surface area contributed by atoms with E-state index in [0.29, 0.717) is 15.8 Å². The molecule has 1 saturated heterocycles. The summed E-state index contributed by atoms with van der Waals surface area (Å²) in [5.41, 5.74) is 2.74. The molecule has 0 saturated carbocycles. The number of benzene rings is 2. The third-order valence-corrected chi connectivity index (χ3v) is 4.72. The highest BCUT2D eigenvalue weighted by molar-refractivity contribution is 8.18. The number of aliphatic imine (C=N–C) groups is 1. The van der Waals surface area contributed by atoms with E-state index in [4.69, 9.17) is 5.11 Å². The van der Waals surface area contributed by atoms with Crippen molar-refractivity contribution in [1.29, 1.82) is 0 Å². The number of aromatic carboxylic acids is 1. The molecule has 0 spiro atoms. The Morgan fingerprint density at radius 1 is 1.20 bits per heavy atom. The Morgan fingerprint density at radius 3 is 2.68 bits per heavy atom. The Hall–Kier alpha value is -2.86. The van der Waals surface area contributed by atoms with Crippen molar-refractivity contribution in [3.05, 3.63) is 70.1 Å². The minimum absolute atomic E-state index is 0.125. The Kier molecular flexibility index (Phi) is 4.72. The van der Waals surface area contributed by atoms with Crippen molar-refractivity contribution in [1.82, 2.24) is 4.90 Å². The molecular formula is C19H16N2O3S. The molecule has 0 aliphatic carbocycles. The Labute approximate surface area is 149 Å². The number of hydrogen-bond acceptors (Lipinski definition) is 4. The van der Waals surface area contributed by atoms with Crippen molar-refractivity contribution in [2.24, 2.45) is 4.99 Å². The van der Waals surface area contributed by atoms with Gasteiger partial charge in [-0.25, -0.2) is 9.79 Å². The molecule has 5 nitrogen and oxygen atoms in total. The molecule has 2 aromatic rings. The summed E-state index contributed by atoms with van der Waals surface area (Å²) < 4.78 is 0. The van der Waals surface area contributed by atoms with E-state index in [1.165, 1.54) is 28.8 Å². The van der Waals surface area contributed by atoms with Gasteiger partial charge in [0.25, 0.3) is 5.91 Å². The molecule has 6 heteroatoms. The predicted octanol–water partition coefficient (Wildman–Crippen LogP) is 3.93. The van der Waals surface area contributed by atoms with E-state index in [1.54, 1.807) is 19.2 Å². The van der Waals surface area contributed by atoms with Gasteiger partial charge in [-0.1, -0.05) is 35.9 Å². The van der Waals surface area contributed by atoms with Crippen LogP contribution in [0.5, 0.6) is 0 Å². The molecule has 1 heterocycles. The number of rotatable bonds is 3. The SMILES string of the molecule is Cc1cccc(/C=C2\SC(=Nc3cccc(C(=O)O)c3)N(C)C2=O)c1. The number of carboxylic acids is 1. The fourth-order valence-corrected chi connectivity index (χ4v) is 3.37. The van der Waals surface area contributed by atoms with Gasteiger partial charge < -0.3 is 5.11 Å². The molecule has 1 N–H and O–H groups in total. The normalized spacial score (nSPS) is 17.5. The van der Waals surface area contributed by atoms with Gasteiger partial charge >= 0.3 is 5.97 Å². The second-order valence-electron chi connectivity index (χ2n) is 5.64. The van der Waals surface area contributed by atoms with Crippen molar-refractivity contribution in [3.63, 3.8) is 0 Å². The highest BCUT2D eigenvalue weighted by Gasteiger charge is 2.30. The molecule has 2 aromatic carbocycles. The first-order valence-corrected chi connectivity index (χ1v) is 8.42. The summed E-state index contributed by atoms with van der Waals surface area (Å²) in [5.74, 6) is -1.13. The molecule has 1 amide bonds. The summed E-state index contributed by atoms with van der Waals surface area (Å²) >= 11 is 1.28. The predicted molar refractivity (Wildman–Crippen MR) is 100 cm³/mol. The van der Waals surface area contributed by atoms with Crippen LogP contribution >= 0.6 is 11.8 Å². The fraction of sp³-hybridized carbons (Fsp3) is 0.105. The van der Waals surface area contributed by atoms with Crippen LogP contribution in [0.1, 0.15) is 21.5 Å². The zero-order valence-electron chi connectivity index (χ0n) is 13.8. The molecule has 0 bridgehead atoms. The van der Waals surface area contributed by atoms with Crippen molar-refractivity contribution in [2.45, 2.75) is 6.92 Å². The quantitative estimate of drug-likeness (QED) is 0.850. The number of carbonyl (C=O) groups is 2. The summed E-state index contributed by atoms with van der Waals surface area (Å²) in [4.78, 5) is 30.0. The van der Waals surface area contributed by atoms with Crippen LogP contribution in [0, 0.1) is 6.92 Å². The van der Waals surface area contributed by atoms with Crippen LogP contribution in [0.15, 0.2) is 58.4 Å². The van der Waals surface area contributed by atoms with Crippen LogP contribution in [0.25, 0.3) is 6.08 Å². The van der Waals surface area contributed by atoms with Crippen LogP contribution in [-0.4, -0.2) is 34.1 Å². The van der Waals surface area contributed by atoms with Crippen LogP contribution in [0.2, 0.25) is 0 Å². The highest BCUT2D eigenvalue weighted by Crippen LogP contribution is 2.33. The number of amides is 1. The fourth-order valence-electron chi connectivity index (χ4n) is 2.38. The second kappa shape index (κ2) is 6.94. The number of hydrogen-bond donors (Lipinski definition) is 1. The maximum atomic E-state index is 12.4. The molecule has 1 aliphatic rings. The van der Waals surface area contributed by atoms with Gasteiger partial charge in [-0.3, -0.25) is 9.69 Å². The summed E-state index contributed by atoms with van der Waals surface area (Å²) in [5, 5.41) is 9.59. The van der Waals surface area contributed by atoms with Gasteiger partial charge in [0.05, 0.1) is 16.2 Å². The van der Waals surface area contributed by atoms with Crippen LogP contribution < -0.4 is 0 Å². The lowest BCUT2D eigenvalue weighted by atomic mass is 10.1. The van der Waals surface area contributed by atoms with Crippen molar-refractivity contribution in [2.75, 3.05) is 7.05 Å². The van der Waals surface area contributed by atoms with E-state index in [-0.39, 0.29) is 11.5 Å². The average Bonchev–Trinajstić information content (AvgIpc) is 2.83. The van der Waals surface area contributed by atoms with E-state index in [0.717, 1.165) is 11.1 Å². The lowest BCUT2D eigenvalue weighted by molar-refractivity contribution is -0.121. The molecule has 0 aromatic heterocycles. The Bertz CT molecular complexity index is 918. The third-order valence-electron chi connectivity index (χ3n) is 3.66. The van der Waals surface area contributed by atoms with Gasteiger partial charge in [0, 0.05) is 7.05 Å². The molecule has 25 heavy (non-hydrogen) atoms. The second-order valence-corrected chi connectivity index (χ2v) is 6.65. The number of carboxylic acid groups (broad SMARTS) is 1. The van der Waals surface area contributed by atoms with Crippen molar-refractivity contribution < 1.29 is 14.7 Å². The number of amidine groups is 1. The lowest BCUT2D eigenvalue weighted by Crippen LogP contribution is -2.23. The van der Waals surface area contributed by atoms with E-state index < -0.39 is 5.97 Å². The third kappa shape index (κ3) is 3.80. The first kappa shape index (κ1) is 17.0. The summed E-state index contributed by atoms with van der Waals surface area (Å²) in [6.07, 6.45) is 1.84. The van der Waals surface area contributed by atoms with E-state index in [2.05, 4.69) is 4.99 Å². The van der Waals surface area contributed by atoms with Gasteiger partial charge in [0.2, 0.25) is 0 Å². The molecule has 126 valence electrons. The maximum absolute atomic E-state index is 12.4. The van der Waals surface area contributed by atoms with Gasteiger partial charge in [-0.2, -0.15) is 0 Å². The minimum Gasteiger partial charge on any atom is -0.478 e. The Balaban J connectivity index is 1.91. The zero-order valence-corrected chi connectivity index (χ0v) is 14.6. The smallest absolute Gasteiger partial charge is 0.335 e. The highest BCUT2D eigenvalue weighted by atomic mass is 32.2.